The first-order chi connectivity index (χ1) is 9.06. The minimum absolute atomic E-state index is 0.381. The predicted octanol–water partition coefficient (Wildman–Crippen LogP) is 4.35. The highest BCUT2D eigenvalue weighted by Crippen LogP contribution is 2.22. The van der Waals surface area contributed by atoms with Crippen LogP contribution in [0.1, 0.15) is 11.1 Å². The van der Waals surface area contributed by atoms with Crippen molar-refractivity contribution in [1.29, 1.82) is 0 Å². The van der Waals surface area contributed by atoms with E-state index >= 15 is 0 Å². The van der Waals surface area contributed by atoms with Crippen LogP contribution in [0.5, 0.6) is 0 Å². The number of halogens is 2. The molecule has 2 aromatic carbocycles. The molecule has 0 amide bonds. The van der Waals surface area contributed by atoms with Crippen molar-refractivity contribution in [2.75, 3.05) is 5.32 Å². The third-order valence-corrected chi connectivity index (χ3v) is 3.61. The van der Waals surface area contributed by atoms with Gasteiger partial charge in [-0.25, -0.2) is 0 Å². The van der Waals surface area contributed by atoms with Crippen LogP contribution in [-0.2, 0) is 6.54 Å². The zero-order chi connectivity index (χ0) is 13.8. The second-order valence-electron chi connectivity index (χ2n) is 4.03. The Labute approximate surface area is 131 Å². The fourth-order valence-electron chi connectivity index (χ4n) is 1.68. The molecule has 0 saturated heterocycles. The summed E-state index contributed by atoms with van der Waals surface area (Å²) in [6.45, 7) is 0.684. The SMILES string of the molecule is NC(=S)c1ccc(Br)cc1NCc1ccc(Cl)cc1. The van der Waals surface area contributed by atoms with E-state index < -0.39 is 0 Å². The quantitative estimate of drug-likeness (QED) is 0.801. The van der Waals surface area contributed by atoms with E-state index in [2.05, 4.69) is 21.2 Å². The second kappa shape index (κ2) is 6.37. The second-order valence-corrected chi connectivity index (χ2v) is 5.83. The van der Waals surface area contributed by atoms with Crippen LogP contribution in [0.4, 0.5) is 5.69 Å². The van der Waals surface area contributed by atoms with Gasteiger partial charge in [0.25, 0.3) is 0 Å². The van der Waals surface area contributed by atoms with E-state index in [1.807, 2.05) is 42.5 Å². The number of hydrogen-bond donors (Lipinski definition) is 2. The summed E-state index contributed by atoms with van der Waals surface area (Å²) in [5.41, 5.74) is 8.60. The molecule has 0 aliphatic heterocycles. The molecule has 0 spiro atoms. The van der Waals surface area contributed by atoms with Gasteiger partial charge in [-0.2, -0.15) is 0 Å². The zero-order valence-electron chi connectivity index (χ0n) is 9.99. The monoisotopic (exact) mass is 354 g/mol. The Morgan fingerprint density at radius 2 is 1.89 bits per heavy atom. The van der Waals surface area contributed by atoms with E-state index in [0.717, 1.165) is 26.3 Å². The lowest BCUT2D eigenvalue weighted by Crippen LogP contribution is -2.13. The van der Waals surface area contributed by atoms with Crippen LogP contribution in [0.3, 0.4) is 0 Å². The average molecular weight is 356 g/mol. The van der Waals surface area contributed by atoms with Gasteiger partial charge in [-0.05, 0) is 35.9 Å². The normalized spacial score (nSPS) is 10.2. The highest BCUT2D eigenvalue weighted by atomic mass is 79.9. The van der Waals surface area contributed by atoms with Crippen molar-refractivity contribution >= 4 is 50.4 Å². The Bertz CT molecular complexity index is 599. The molecule has 0 fully saturated rings. The first-order valence-electron chi connectivity index (χ1n) is 5.64. The first-order valence-corrected chi connectivity index (χ1v) is 7.22. The van der Waals surface area contributed by atoms with Crippen LogP contribution in [0.25, 0.3) is 0 Å². The summed E-state index contributed by atoms with van der Waals surface area (Å²) in [4.78, 5) is 0.381. The highest BCUT2D eigenvalue weighted by molar-refractivity contribution is 9.10. The Morgan fingerprint density at radius 3 is 2.53 bits per heavy atom. The van der Waals surface area contributed by atoms with E-state index in [1.54, 1.807) is 0 Å². The molecule has 2 nitrogen and oxygen atoms in total. The van der Waals surface area contributed by atoms with Gasteiger partial charge in [0.05, 0.1) is 0 Å². The van der Waals surface area contributed by atoms with Crippen LogP contribution in [0.15, 0.2) is 46.9 Å². The molecule has 0 saturated carbocycles. The molecule has 0 radical (unpaired) electrons. The van der Waals surface area contributed by atoms with Gasteiger partial charge in [0.1, 0.15) is 4.99 Å². The Hall–Kier alpha value is -1.10. The van der Waals surface area contributed by atoms with Crippen molar-refractivity contribution in [3.05, 3.63) is 63.1 Å². The van der Waals surface area contributed by atoms with Gasteiger partial charge in [-0.1, -0.05) is 51.9 Å². The summed E-state index contributed by atoms with van der Waals surface area (Å²) in [6, 6.07) is 13.5. The van der Waals surface area contributed by atoms with Crippen molar-refractivity contribution in [2.24, 2.45) is 5.73 Å². The molecule has 2 rings (SSSR count). The van der Waals surface area contributed by atoms with Crippen LogP contribution in [0, 0.1) is 0 Å². The van der Waals surface area contributed by atoms with E-state index in [0.29, 0.717) is 11.5 Å². The Kier molecular flexibility index (Phi) is 4.80. The predicted molar refractivity (Wildman–Crippen MR) is 88.8 cm³/mol. The van der Waals surface area contributed by atoms with E-state index in [4.69, 9.17) is 29.6 Å². The van der Waals surface area contributed by atoms with Crippen molar-refractivity contribution in [1.82, 2.24) is 0 Å². The summed E-state index contributed by atoms with van der Waals surface area (Å²) in [5.74, 6) is 0. The third kappa shape index (κ3) is 3.93. The number of thiocarbonyl (C=S) groups is 1. The molecule has 0 unspecified atom stereocenters. The van der Waals surface area contributed by atoms with Crippen LogP contribution >= 0.6 is 39.7 Å². The third-order valence-electron chi connectivity index (χ3n) is 2.64. The van der Waals surface area contributed by atoms with E-state index in [-0.39, 0.29) is 0 Å². The first kappa shape index (κ1) is 14.3. The fourth-order valence-corrected chi connectivity index (χ4v) is 2.34. The number of rotatable bonds is 4. The maximum Gasteiger partial charge on any atom is 0.106 e. The van der Waals surface area contributed by atoms with Crippen molar-refractivity contribution in [3.8, 4) is 0 Å². The number of hydrogen-bond acceptors (Lipinski definition) is 2. The van der Waals surface area contributed by atoms with Gasteiger partial charge in [0, 0.05) is 27.3 Å². The standard InChI is InChI=1S/C14H12BrClN2S/c15-10-3-6-12(14(17)19)13(7-10)18-8-9-1-4-11(16)5-2-9/h1-7,18H,8H2,(H2,17,19). The van der Waals surface area contributed by atoms with Crippen LogP contribution < -0.4 is 11.1 Å². The molecule has 3 N–H and O–H groups in total. The number of anilines is 1. The minimum Gasteiger partial charge on any atom is -0.389 e. The lowest BCUT2D eigenvalue weighted by atomic mass is 10.1. The zero-order valence-corrected chi connectivity index (χ0v) is 13.1. The average Bonchev–Trinajstić information content (AvgIpc) is 2.38. The molecule has 19 heavy (non-hydrogen) atoms. The summed E-state index contributed by atoms with van der Waals surface area (Å²) >= 11 is 14.3. The minimum atomic E-state index is 0.381. The fraction of sp³-hybridized carbons (Fsp3) is 0.0714. The number of nitrogens with two attached hydrogens (primary N) is 1. The molecule has 2 aromatic rings. The number of benzene rings is 2. The van der Waals surface area contributed by atoms with Gasteiger partial charge in [0.15, 0.2) is 0 Å². The molecule has 0 bridgehead atoms. The van der Waals surface area contributed by atoms with Crippen molar-refractivity contribution < 1.29 is 0 Å². The topological polar surface area (TPSA) is 38.0 Å². The lowest BCUT2D eigenvalue weighted by Gasteiger charge is -2.12. The lowest BCUT2D eigenvalue weighted by molar-refractivity contribution is 1.15. The molecule has 0 aliphatic carbocycles. The van der Waals surface area contributed by atoms with Gasteiger partial charge in [-0.3, -0.25) is 0 Å². The van der Waals surface area contributed by atoms with Crippen LogP contribution in [0.2, 0.25) is 5.02 Å². The molecule has 5 heteroatoms. The van der Waals surface area contributed by atoms with Gasteiger partial charge >= 0.3 is 0 Å². The smallest absolute Gasteiger partial charge is 0.106 e. The Morgan fingerprint density at radius 1 is 1.21 bits per heavy atom. The Balaban J connectivity index is 2.16. The highest BCUT2D eigenvalue weighted by Gasteiger charge is 2.05. The van der Waals surface area contributed by atoms with Crippen molar-refractivity contribution in [3.63, 3.8) is 0 Å². The largest absolute Gasteiger partial charge is 0.389 e. The molecule has 98 valence electrons. The summed E-state index contributed by atoms with van der Waals surface area (Å²) in [7, 11) is 0. The van der Waals surface area contributed by atoms with E-state index in [1.165, 1.54) is 0 Å². The summed E-state index contributed by atoms with van der Waals surface area (Å²) in [5, 5.41) is 4.06. The summed E-state index contributed by atoms with van der Waals surface area (Å²) in [6.07, 6.45) is 0. The molecule has 0 atom stereocenters. The molecule has 0 heterocycles. The van der Waals surface area contributed by atoms with Crippen molar-refractivity contribution in [2.45, 2.75) is 6.54 Å². The van der Waals surface area contributed by atoms with Gasteiger partial charge < -0.3 is 11.1 Å². The molecule has 0 aromatic heterocycles. The maximum absolute atomic E-state index is 5.86. The van der Waals surface area contributed by atoms with Gasteiger partial charge in [0.2, 0.25) is 0 Å². The molecule has 0 aliphatic rings. The van der Waals surface area contributed by atoms with Gasteiger partial charge in [-0.15, -0.1) is 0 Å². The maximum atomic E-state index is 5.86. The number of nitrogens with one attached hydrogen (secondary N) is 1. The van der Waals surface area contributed by atoms with E-state index in [9.17, 15) is 0 Å². The molecular formula is C14H12BrClN2S. The molecular weight excluding hydrogens is 344 g/mol. The summed E-state index contributed by atoms with van der Waals surface area (Å²) < 4.78 is 0.978. The van der Waals surface area contributed by atoms with Crippen LogP contribution in [-0.4, -0.2) is 4.99 Å².